The fourth-order valence-corrected chi connectivity index (χ4v) is 4.56. The van der Waals surface area contributed by atoms with Crippen molar-refractivity contribution >= 4 is 52.2 Å². The summed E-state index contributed by atoms with van der Waals surface area (Å²) >= 11 is 11.3. The van der Waals surface area contributed by atoms with Crippen LogP contribution in [-0.2, 0) is 16.1 Å². The summed E-state index contributed by atoms with van der Waals surface area (Å²) in [5.41, 5.74) is 5.22. The average molecular weight is 508 g/mol. The number of carbonyl (C=O) groups is 2. The topological polar surface area (TPSA) is 70.7 Å². The highest BCUT2D eigenvalue weighted by Crippen LogP contribution is 2.32. The van der Waals surface area contributed by atoms with Crippen LogP contribution in [0.1, 0.15) is 29.8 Å². The molecule has 0 saturated carbocycles. The summed E-state index contributed by atoms with van der Waals surface area (Å²) in [4.78, 5) is 26.9. The molecule has 8 heteroatoms. The van der Waals surface area contributed by atoms with Crippen molar-refractivity contribution in [1.82, 2.24) is 4.90 Å². The maximum Gasteiger partial charge on any atom is 0.328 e. The van der Waals surface area contributed by atoms with Gasteiger partial charge in [-0.15, -0.1) is 0 Å². The van der Waals surface area contributed by atoms with Crippen LogP contribution < -0.4 is 10.6 Å². The molecule has 0 spiro atoms. The van der Waals surface area contributed by atoms with Gasteiger partial charge in [0.2, 0.25) is 0 Å². The molecule has 0 fully saturated rings. The lowest BCUT2D eigenvalue weighted by atomic mass is 10.0. The Bertz CT molecular complexity index is 1260. The second kappa shape index (κ2) is 10.5. The number of hydrogen-bond acceptors (Lipinski definition) is 4. The number of carbonyl (C=O) groups excluding carboxylic acids is 2. The Hall–Kier alpha value is -3.42. The van der Waals surface area contributed by atoms with Gasteiger partial charge in [-0.05, 0) is 83.4 Å². The van der Waals surface area contributed by atoms with E-state index in [1.165, 1.54) is 7.11 Å². The summed E-state index contributed by atoms with van der Waals surface area (Å²) in [5, 5.41) is 7.43. The maximum atomic E-state index is 13.0. The molecule has 1 aliphatic rings. The summed E-state index contributed by atoms with van der Waals surface area (Å²) in [6.45, 7) is 4.20. The molecule has 4 rings (SSSR count). The van der Waals surface area contributed by atoms with Gasteiger partial charge in [0.25, 0.3) is 5.91 Å². The first-order chi connectivity index (χ1) is 16.8. The number of esters is 1. The summed E-state index contributed by atoms with van der Waals surface area (Å²) in [6.07, 6.45) is 0. The largest absolute Gasteiger partial charge is 0.467 e. The van der Waals surface area contributed by atoms with E-state index in [4.69, 9.17) is 28.6 Å². The van der Waals surface area contributed by atoms with Gasteiger partial charge in [-0.2, -0.15) is 0 Å². The standard InChI is InChI=1S/C27H26ClN3O3S/c1-16(2)24(26(33)34-3)31-15-19-14-18(6-13-23(19)25(31)32)17-4-9-21(10-5-17)29-27(35)30-22-11-7-20(28)8-12-22/h4-14,16,24H,15H2,1-3H3,(H2,29,30,35)/t24-/m0/s1. The van der Waals surface area contributed by atoms with E-state index in [2.05, 4.69) is 10.6 Å². The molecule has 3 aromatic rings. The predicted octanol–water partition coefficient (Wildman–Crippen LogP) is 5.97. The zero-order chi connectivity index (χ0) is 25.1. The third-order valence-corrected chi connectivity index (χ3v) is 6.38. The average Bonchev–Trinajstić information content (AvgIpc) is 3.16. The lowest BCUT2D eigenvalue weighted by Crippen LogP contribution is -2.45. The third-order valence-electron chi connectivity index (χ3n) is 5.93. The van der Waals surface area contributed by atoms with Crippen molar-refractivity contribution in [2.75, 3.05) is 17.7 Å². The quantitative estimate of drug-likeness (QED) is 0.316. The van der Waals surface area contributed by atoms with E-state index in [0.717, 1.165) is 28.1 Å². The van der Waals surface area contributed by atoms with E-state index >= 15 is 0 Å². The first kappa shape index (κ1) is 24.7. The molecule has 0 radical (unpaired) electrons. The van der Waals surface area contributed by atoms with Crippen molar-refractivity contribution in [3.8, 4) is 11.1 Å². The Morgan fingerprint density at radius 3 is 2.11 bits per heavy atom. The molecule has 1 amide bonds. The van der Waals surface area contributed by atoms with Crippen LogP contribution in [0.3, 0.4) is 0 Å². The molecule has 0 aromatic heterocycles. The van der Waals surface area contributed by atoms with Crippen molar-refractivity contribution < 1.29 is 14.3 Å². The zero-order valence-corrected chi connectivity index (χ0v) is 21.2. The van der Waals surface area contributed by atoms with Gasteiger partial charge in [-0.25, -0.2) is 4.79 Å². The highest BCUT2D eigenvalue weighted by Gasteiger charge is 2.38. The van der Waals surface area contributed by atoms with E-state index in [0.29, 0.717) is 22.2 Å². The number of benzene rings is 3. The molecule has 2 N–H and O–H groups in total. The van der Waals surface area contributed by atoms with Gasteiger partial charge in [-0.3, -0.25) is 4.79 Å². The SMILES string of the molecule is COC(=O)[C@H](C(C)C)N1Cc2cc(-c3ccc(NC(=S)Nc4ccc(Cl)cc4)cc3)ccc2C1=O. The van der Waals surface area contributed by atoms with E-state index in [1.54, 1.807) is 17.0 Å². The van der Waals surface area contributed by atoms with Gasteiger partial charge >= 0.3 is 5.97 Å². The fourth-order valence-electron chi connectivity index (χ4n) is 4.20. The van der Waals surface area contributed by atoms with E-state index < -0.39 is 12.0 Å². The maximum absolute atomic E-state index is 13.0. The monoisotopic (exact) mass is 507 g/mol. The highest BCUT2D eigenvalue weighted by molar-refractivity contribution is 7.80. The Morgan fingerprint density at radius 2 is 1.54 bits per heavy atom. The lowest BCUT2D eigenvalue weighted by molar-refractivity contribution is -0.147. The van der Waals surface area contributed by atoms with Crippen LogP contribution in [0.5, 0.6) is 0 Å². The van der Waals surface area contributed by atoms with Gasteiger partial charge in [0.15, 0.2) is 5.11 Å². The number of fused-ring (bicyclic) bond motifs is 1. The third kappa shape index (κ3) is 5.47. The second-order valence-electron chi connectivity index (χ2n) is 8.68. The van der Waals surface area contributed by atoms with Gasteiger partial charge < -0.3 is 20.3 Å². The van der Waals surface area contributed by atoms with Crippen molar-refractivity contribution in [3.05, 3.63) is 82.9 Å². The smallest absolute Gasteiger partial charge is 0.328 e. The van der Waals surface area contributed by atoms with Crippen LogP contribution >= 0.6 is 23.8 Å². The van der Waals surface area contributed by atoms with Crippen LogP contribution in [0, 0.1) is 5.92 Å². The van der Waals surface area contributed by atoms with Crippen LogP contribution in [-0.4, -0.2) is 35.0 Å². The van der Waals surface area contributed by atoms with Crippen molar-refractivity contribution in [3.63, 3.8) is 0 Å². The number of halogens is 1. The molecule has 0 bridgehead atoms. The molecule has 1 heterocycles. The number of thiocarbonyl (C=S) groups is 1. The van der Waals surface area contributed by atoms with Crippen LogP contribution in [0.4, 0.5) is 11.4 Å². The molecule has 1 atom stereocenters. The summed E-state index contributed by atoms with van der Waals surface area (Å²) in [6, 6.07) is 20.3. The van der Waals surface area contributed by atoms with Crippen molar-refractivity contribution in [1.29, 1.82) is 0 Å². The number of nitrogens with one attached hydrogen (secondary N) is 2. The van der Waals surface area contributed by atoms with E-state index in [1.807, 2.05) is 68.4 Å². The zero-order valence-electron chi connectivity index (χ0n) is 19.7. The summed E-state index contributed by atoms with van der Waals surface area (Å²) in [7, 11) is 1.35. The Balaban J connectivity index is 1.46. The minimum atomic E-state index is -0.612. The summed E-state index contributed by atoms with van der Waals surface area (Å²) in [5.74, 6) is -0.592. The number of hydrogen-bond donors (Lipinski definition) is 2. The van der Waals surface area contributed by atoms with Crippen molar-refractivity contribution in [2.45, 2.75) is 26.4 Å². The molecule has 35 heavy (non-hydrogen) atoms. The Kier molecular flexibility index (Phi) is 7.38. The van der Waals surface area contributed by atoms with Crippen LogP contribution in [0.2, 0.25) is 5.02 Å². The molecular weight excluding hydrogens is 482 g/mol. The van der Waals surface area contributed by atoms with Gasteiger partial charge in [-0.1, -0.05) is 43.6 Å². The van der Waals surface area contributed by atoms with Gasteiger partial charge in [0, 0.05) is 28.5 Å². The first-order valence-electron chi connectivity index (χ1n) is 11.2. The highest BCUT2D eigenvalue weighted by atomic mass is 35.5. The van der Waals surface area contributed by atoms with Crippen LogP contribution in [0.25, 0.3) is 11.1 Å². The van der Waals surface area contributed by atoms with Crippen molar-refractivity contribution in [2.24, 2.45) is 5.92 Å². The number of anilines is 2. The Labute approximate surface area is 215 Å². The molecule has 0 aliphatic carbocycles. The number of methoxy groups -OCH3 is 1. The first-order valence-corrected chi connectivity index (χ1v) is 12.0. The normalized spacial score (nSPS) is 13.4. The Morgan fingerprint density at radius 1 is 0.971 bits per heavy atom. The second-order valence-corrected chi connectivity index (χ2v) is 9.53. The fraction of sp³-hybridized carbons (Fsp3) is 0.222. The van der Waals surface area contributed by atoms with Gasteiger partial charge in [0.1, 0.15) is 6.04 Å². The number of amides is 1. The lowest BCUT2D eigenvalue weighted by Gasteiger charge is -2.28. The number of ether oxygens (including phenoxy) is 1. The molecule has 1 aliphatic heterocycles. The molecule has 180 valence electrons. The van der Waals surface area contributed by atoms with E-state index in [9.17, 15) is 9.59 Å². The molecule has 0 unspecified atom stereocenters. The molecule has 3 aromatic carbocycles. The molecule has 6 nitrogen and oxygen atoms in total. The predicted molar refractivity (Wildman–Crippen MR) is 144 cm³/mol. The number of nitrogens with zero attached hydrogens (tertiary/aromatic N) is 1. The van der Waals surface area contributed by atoms with E-state index in [-0.39, 0.29) is 11.8 Å². The van der Waals surface area contributed by atoms with Gasteiger partial charge in [0.05, 0.1) is 7.11 Å². The summed E-state index contributed by atoms with van der Waals surface area (Å²) < 4.78 is 4.95. The minimum absolute atomic E-state index is 0.0551. The molecule has 0 saturated heterocycles. The van der Waals surface area contributed by atoms with Crippen LogP contribution in [0.15, 0.2) is 66.7 Å². The minimum Gasteiger partial charge on any atom is -0.467 e. The molecular formula is C27H26ClN3O3S. The number of rotatable bonds is 6.